The molecular formula is C18H25N3. The highest BCUT2D eigenvalue weighted by Gasteiger charge is 2.24. The summed E-state index contributed by atoms with van der Waals surface area (Å²) in [5, 5.41) is 8.36. The summed E-state index contributed by atoms with van der Waals surface area (Å²) < 4.78 is 2.20. The van der Waals surface area contributed by atoms with Crippen LogP contribution in [0.25, 0.3) is 0 Å². The van der Waals surface area contributed by atoms with Crippen LogP contribution in [0.4, 0.5) is 5.82 Å². The lowest BCUT2D eigenvalue weighted by Crippen LogP contribution is -2.25. The Labute approximate surface area is 127 Å². The van der Waals surface area contributed by atoms with E-state index >= 15 is 0 Å². The number of hydrogen-bond acceptors (Lipinski definition) is 2. The molecule has 1 aromatic carbocycles. The lowest BCUT2D eigenvalue weighted by molar-refractivity contribution is 0.475. The average molecular weight is 283 g/mol. The zero-order valence-corrected chi connectivity index (χ0v) is 13.3. The lowest BCUT2D eigenvalue weighted by atomic mass is 9.96. The molecule has 21 heavy (non-hydrogen) atoms. The molecule has 1 aliphatic heterocycles. The maximum Gasteiger partial charge on any atom is 0.125 e. The normalized spacial score (nSPS) is 17.4. The fraction of sp³-hybridized carbons (Fsp3) is 0.500. The molecule has 3 rings (SSSR count). The minimum Gasteiger partial charge on any atom is -0.370 e. The van der Waals surface area contributed by atoms with Gasteiger partial charge in [-0.1, -0.05) is 37.1 Å². The molecular weight excluding hydrogens is 258 g/mol. The van der Waals surface area contributed by atoms with Crippen LogP contribution in [0.3, 0.4) is 0 Å². The lowest BCUT2D eigenvalue weighted by Gasteiger charge is -2.27. The van der Waals surface area contributed by atoms with Crippen molar-refractivity contribution in [1.82, 2.24) is 9.78 Å². The van der Waals surface area contributed by atoms with Gasteiger partial charge >= 0.3 is 0 Å². The number of fused-ring (bicyclic) bond motifs is 1. The summed E-state index contributed by atoms with van der Waals surface area (Å²) in [5.41, 5.74) is 5.33. The summed E-state index contributed by atoms with van der Waals surface area (Å²) in [6.45, 7) is 7.63. The summed E-state index contributed by atoms with van der Waals surface area (Å²) in [6, 6.07) is 9.34. The Kier molecular flexibility index (Phi) is 4.00. The van der Waals surface area contributed by atoms with Gasteiger partial charge in [-0.05, 0) is 44.2 Å². The second kappa shape index (κ2) is 5.92. The summed E-state index contributed by atoms with van der Waals surface area (Å²) in [6.07, 6.45) is 4.62. The Morgan fingerprint density at radius 1 is 1.29 bits per heavy atom. The van der Waals surface area contributed by atoms with Crippen LogP contribution in [0.5, 0.6) is 0 Å². The van der Waals surface area contributed by atoms with Crippen molar-refractivity contribution in [2.24, 2.45) is 0 Å². The van der Waals surface area contributed by atoms with Crippen molar-refractivity contribution in [3.05, 3.63) is 46.6 Å². The summed E-state index contributed by atoms with van der Waals surface area (Å²) in [7, 11) is 0. The fourth-order valence-electron chi connectivity index (χ4n) is 3.16. The third-order valence-corrected chi connectivity index (χ3v) is 4.39. The number of aromatic nitrogens is 2. The largest absolute Gasteiger partial charge is 0.370 e. The Bertz CT molecular complexity index is 627. The van der Waals surface area contributed by atoms with Crippen LogP contribution in [-0.4, -0.2) is 16.3 Å². The molecule has 2 aromatic rings. The summed E-state index contributed by atoms with van der Waals surface area (Å²) in [4.78, 5) is 0. The Balaban J connectivity index is 1.96. The van der Waals surface area contributed by atoms with E-state index in [1.807, 2.05) is 0 Å². The molecule has 1 N–H and O–H groups in total. The van der Waals surface area contributed by atoms with Crippen molar-refractivity contribution >= 4 is 5.82 Å². The molecule has 0 radical (unpaired) electrons. The van der Waals surface area contributed by atoms with E-state index < -0.39 is 0 Å². The van der Waals surface area contributed by atoms with E-state index in [4.69, 9.17) is 5.10 Å². The van der Waals surface area contributed by atoms with Crippen LogP contribution in [0, 0.1) is 13.8 Å². The first-order valence-corrected chi connectivity index (χ1v) is 8.08. The van der Waals surface area contributed by atoms with Crippen molar-refractivity contribution in [3.8, 4) is 0 Å². The highest BCUT2D eigenvalue weighted by atomic mass is 15.4. The molecule has 3 nitrogen and oxygen atoms in total. The highest BCUT2D eigenvalue weighted by Crippen LogP contribution is 2.32. The number of rotatable bonds is 4. The van der Waals surface area contributed by atoms with Crippen LogP contribution in [0.15, 0.2) is 24.3 Å². The van der Waals surface area contributed by atoms with Crippen LogP contribution < -0.4 is 5.32 Å². The molecule has 2 heterocycles. The van der Waals surface area contributed by atoms with Crippen molar-refractivity contribution in [3.63, 3.8) is 0 Å². The SMILES string of the molecule is CCCCc1cc2n(n1)C(c1cc(C)ccc1C)CCN2. The van der Waals surface area contributed by atoms with Gasteiger partial charge < -0.3 is 5.32 Å². The zero-order chi connectivity index (χ0) is 14.8. The summed E-state index contributed by atoms with van der Waals surface area (Å²) >= 11 is 0. The molecule has 1 aliphatic rings. The molecule has 112 valence electrons. The van der Waals surface area contributed by atoms with Gasteiger partial charge in [-0.2, -0.15) is 5.10 Å². The van der Waals surface area contributed by atoms with E-state index in [9.17, 15) is 0 Å². The second-order valence-corrected chi connectivity index (χ2v) is 6.16. The van der Waals surface area contributed by atoms with Crippen LogP contribution in [-0.2, 0) is 6.42 Å². The van der Waals surface area contributed by atoms with Gasteiger partial charge in [0, 0.05) is 12.6 Å². The molecule has 0 bridgehead atoms. The topological polar surface area (TPSA) is 29.9 Å². The van der Waals surface area contributed by atoms with Gasteiger partial charge in [0.25, 0.3) is 0 Å². The molecule has 0 saturated heterocycles. The van der Waals surface area contributed by atoms with Gasteiger partial charge in [-0.15, -0.1) is 0 Å². The Morgan fingerprint density at radius 3 is 2.95 bits per heavy atom. The number of benzene rings is 1. The third kappa shape index (κ3) is 2.82. The van der Waals surface area contributed by atoms with E-state index in [0.29, 0.717) is 6.04 Å². The maximum absolute atomic E-state index is 4.87. The number of nitrogens with zero attached hydrogens (tertiary/aromatic N) is 2. The van der Waals surface area contributed by atoms with Crippen LogP contribution >= 0.6 is 0 Å². The van der Waals surface area contributed by atoms with Gasteiger partial charge in [0.15, 0.2) is 0 Å². The zero-order valence-electron chi connectivity index (χ0n) is 13.3. The average Bonchev–Trinajstić information content (AvgIpc) is 2.90. The van der Waals surface area contributed by atoms with E-state index in [2.05, 4.69) is 55.0 Å². The van der Waals surface area contributed by atoms with Crippen LogP contribution in [0.2, 0.25) is 0 Å². The van der Waals surface area contributed by atoms with E-state index in [1.165, 1.54) is 41.0 Å². The molecule has 1 unspecified atom stereocenters. The van der Waals surface area contributed by atoms with Crippen molar-refractivity contribution in [2.45, 2.75) is 52.5 Å². The summed E-state index contributed by atoms with van der Waals surface area (Å²) in [5.74, 6) is 1.18. The monoisotopic (exact) mass is 283 g/mol. The van der Waals surface area contributed by atoms with Crippen LogP contribution in [0.1, 0.15) is 54.6 Å². The smallest absolute Gasteiger partial charge is 0.125 e. The van der Waals surface area contributed by atoms with Gasteiger partial charge in [0.1, 0.15) is 5.82 Å². The van der Waals surface area contributed by atoms with Gasteiger partial charge in [-0.25, -0.2) is 4.68 Å². The Morgan fingerprint density at radius 2 is 2.14 bits per heavy atom. The first-order valence-electron chi connectivity index (χ1n) is 8.08. The van der Waals surface area contributed by atoms with E-state index in [1.54, 1.807) is 0 Å². The van der Waals surface area contributed by atoms with E-state index in [0.717, 1.165) is 19.4 Å². The number of aryl methyl sites for hydroxylation is 3. The number of nitrogens with one attached hydrogen (secondary N) is 1. The van der Waals surface area contributed by atoms with Gasteiger partial charge in [-0.3, -0.25) is 0 Å². The van der Waals surface area contributed by atoms with Gasteiger partial charge in [0.05, 0.1) is 11.7 Å². The predicted molar refractivity (Wildman–Crippen MR) is 88.0 cm³/mol. The molecule has 1 atom stereocenters. The van der Waals surface area contributed by atoms with Crippen molar-refractivity contribution in [1.29, 1.82) is 0 Å². The first kappa shape index (κ1) is 14.2. The minimum atomic E-state index is 0.372. The maximum atomic E-state index is 4.87. The molecule has 1 aromatic heterocycles. The predicted octanol–water partition coefficient (Wildman–Crippen LogP) is 4.25. The highest BCUT2D eigenvalue weighted by molar-refractivity contribution is 5.43. The molecule has 0 fully saturated rings. The van der Waals surface area contributed by atoms with E-state index in [-0.39, 0.29) is 0 Å². The molecule has 0 aliphatic carbocycles. The standard InChI is InChI=1S/C18H25N3/c1-4-5-6-15-12-18-19-10-9-17(21(18)20-15)16-11-13(2)7-8-14(16)3/h7-8,11-12,17,19H,4-6,9-10H2,1-3H3. The minimum absolute atomic E-state index is 0.372. The second-order valence-electron chi connectivity index (χ2n) is 6.16. The molecule has 0 spiro atoms. The molecule has 0 amide bonds. The quantitative estimate of drug-likeness (QED) is 0.909. The number of anilines is 1. The van der Waals surface area contributed by atoms with Crippen molar-refractivity contribution in [2.75, 3.05) is 11.9 Å². The molecule has 0 saturated carbocycles. The Hall–Kier alpha value is -1.77. The third-order valence-electron chi connectivity index (χ3n) is 4.39. The van der Waals surface area contributed by atoms with Crippen molar-refractivity contribution < 1.29 is 0 Å². The van der Waals surface area contributed by atoms with Gasteiger partial charge in [0.2, 0.25) is 0 Å². The fourth-order valence-corrected chi connectivity index (χ4v) is 3.16. The molecule has 3 heteroatoms. The number of unbranched alkanes of at least 4 members (excludes halogenated alkanes) is 1. The number of hydrogen-bond donors (Lipinski definition) is 1. The first-order chi connectivity index (χ1) is 10.2.